The molecule has 1 fully saturated rings. The van der Waals surface area contributed by atoms with Gasteiger partial charge in [0, 0.05) is 11.6 Å². The average Bonchev–Trinajstić information content (AvgIpc) is 2.98. The van der Waals surface area contributed by atoms with E-state index in [-0.39, 0.29) is 0 Å². The zero-order chi connectivity index (χ0) is 16.9. The van der Waals surface area contributed by atoms with Crippen molar-refractivity contribution in [2.45, 2.75) is 25.8 Å². The number of carbonyl (C=O) groups excluding carboxylic acids is 1. The predicted molar refractivity (Wildman–Crippen MR) is 97.2 cm³/mol. The van der Waals surface area contributed by atoms with Crippen LogP contribution in [0.3, 0.4) is 0 Å². The number of benzene rings is 2. The highest BCUT2D eigenvalue weighted by Gasteiger charge is 2.22. The molecule has 1 aliphatic rings. The molecule has 4 heteroatoms. The summed E-state index contributed by atoms with van der Waals surface area (Å²) in [5, 5.41) is 2.89. The Morgan fingerprint density at radius 1 is 1.25 bits per heavy atom. The standard InChI is InChI=1S/C20H24N2O2/c1-15-7-5-8-16(13-15)18-10-3-4-11-19(18)21-20(23)24-14-17-9-6-12-22(17)2/h3-5,7-8,10-11,13,17H,6,9,12,14H2,1-2H3,(H,21,23)/t17-/m0/s1. The van der Waals surface area contributed by atoms with Gasteiger partial charge in [-0.1, -0.05) is 48.0 Å². The van der Waals surface area contributed by atoms with Crippen LogP contribution in [-0.2, 0) is 4.74 Å². The molecule has 0 aromatic heterocycles. The third kappa shape index (κ3) is 3.95. The Balaban J connectivity index is 1.68. The van der Waals surface area contributed by atoms with E-state index >= 15 is 0 Å². The second-order valence-corrected chi connectivity index (χ2v) is 6.42. The topological polar surface area (TPSA) is 41.6 Å². The van der Waals surface area contributed by atoms with Crippen molar-refractivity contribution in [1.82, 2.24) is 4.90 Å². The van der Waals surface area contributed by atoms with Gasteiger partial charge in [-0.3, -0.25) is 5.32 Å². The number of amides is 1. The normalized spacial score (nSPS) is 17.7. The number of likely N-dealkylation sites (N-methyl/N-ethyl adjacent to an activating group) is 1. The van der Waals surface area contributed by atoms with Crippen LogP contribution in [0.1, 0.15) is 18.4 Å². The quantitative estimate of drug-likeness (QED) is 0.911. The summed E-state index contributed by atoms with van der Waals surface area (Å²) in [6.45, 7) is 3.58. The summed E-state index contributed by atoms with van der Waals surface area (Å²) in [6, 6.07) is 16.4. The van der Waals surface area contributed by atoms with Gasteiger partial charge >= 0.3 is 6.09 Å². The molecule has 1 N–H and O–H groups in total. The molecule has 0 saturated carbocycles. The number of likely N-dealkylation sites (tertiary alicyclic amines) is 1. The van der Waals surface area contributed by atoms with E-state index < -0.39 is 6.09 Å². The number of hydrogen-bond acceptors (Lipinski definition) is 3. The Morgan fingerprint density at radius 2 is 2.08 bits per heavy atom. The number of aryl methyl sites for hydroxylation is 1. The van der Waals surface area contributed by atoms with Crippen LogP contribution in [0.5, 0.6) is 0 Å². The lowest BCUT2D eigenvalue weighted by atomic mass is 10.0. The molecule has 2 aromatic carbocycles. The van der Waals surface area contributed by atoms with Gasteiger partial charge in [0.2, 0.25) is 0 Å². The number of anilines is 1. The fourth-order valence-electron chi connectivity index (χ4n) is 3.16. The largest absolute Gasteiger partial charge is 0.448 e. The van der Waals surface area contributed by atoms with Gasteiger partial charge in [0.25, 0.3) is 0 Å². The summed E-state index contributed by atoms with van der Waals surface area (Å²) in [6.07, 6.45) is 1.86. The maximum absolute atomic E-state index is 12.2. The predicted octanol–water partition coefficient (Wildman–Crippen LogP) is 4.30. The number of nitrogens with zero attached hydrogens (tertiary/aromatic N) is 1. The van der Waals surface area contributed by atoms with Gasteiger partial charge < -0.3 is 9.64 Å². The van der Waals surface area contributed by atoms with E-state index in [0.717, 1.165) is 29.8 Å². The molecule has 1 atom stereocenters. The van der Waals surface area contributed by atoms with Crippen LogP contribution in [0.2, 0.25) is 0 Å². The first-order valence-electron chi connectivity index (χ1n) is 8.43. The zero-order valence-corrected chi connectivity index (χ0v) is 14.3. The van der Waals surface area contributed by atoms with Gasteiger partial charge in [0.05, 0.1) is 5.69 Å². The van der Waals surface area contributed by atoms with Crippen molar-refractivity contribution in [1.29, 1.82) is 0 Å². The molecule has 126 valence electrons. The minimum atomic E-state index is -0.393. The van der Waals surface area contributed by atoms with Gasteiger partial charge in [0.15, 0.2) is 0 Å². The fraction of sp³-hybridized carbons (Fsp3) is 0.350. The van der Waals surface area contributed by atoms with Crippen molar-refractivity contribution >= 4 is 11.8 Å². The Labute approximate surface area is 143 Å². The lowest BCUT2D eigenvalue weighted by Crippen LogP contribution is -2.31. The highest BCUT2D eigenvalue weighted by atomic mass is 16.5. The molecule has 0 aliphatic carbocycles. The van der Waals surface area contributed by atoms with E-state index in [1.807, 2.05) is 36.4 Å². The van der Waals surface area contributed by atoms with Crippen LogP contribution in [0.15, 0.2) is 48.5 Å². The minimum absolute atomic E-state index is 0.336. The summed E-state index contributed by atoms with van der Waals surface area (Å²) >= 11 is 0. The molecule has 2 aromatic rings. The van der Waals surface area contributed by atoms with Crippen LogP contribution < -0.4 is 5.32 Å². The van der Waals surface area contributed by atoms with Gasteiger partial charge in [-0.05, 0) is 45.0 Å². The van der Waals surface area contributed by atoms with Crippen molar-refractivity contribution in [3.8, 4) is 11.1 Å². The number of rotatable bonds is 4. The first-order valence-corrected chi connectivity index (χ1v) is 8.43. The number of para-hydroxylation sites is 1. The molecule has 24 heavy (non-hydrogen) atoms. The maximum atomic E-state index is 12.2. The maximum Gasteiger partial charge on any atom is 0.411 e. The monoisotopic (exact) mass is 324 g/mol. The molecular formula is C20H24N2O2. The number of hydrogen-bond donors (Lipinski definition) is 1. The second kappa shape index (κ2) is 7.49. The summed E-state index contributed by atoms with van der Waals surface area (Å²) < 4.78 is 5.42. The first-order chi connectivity index (χ1) is 11.6. The third-order valence-electron chi connectivity index (χ3n) is 4.57. The third-order valence-corrected chi connectivity index (χ3v) is 4.57. The summed E-state index contributed by atoms with van der Waals surface area (Å²) in [7, 11) is 2.08. The Hall–Kier alpha value is -2.33. The number of nitrogens with one attached hydrogen (secondary N) is 1. The number of carbonyl (C=O) groups is 1. The smallest absolute Gasteiger partial charge is 0.411 e. The van der Waals surface area contributed by atoms with Gasteiger partial charge in [-0.2, -0.15) is 0 Å². The molecule has 0 unspecified atom stereocenters. The Bertz CT molecular complexity index is 714. The average molecular weight is 324 g/mol. The van der Waals surface area contributed by atoms with E-state index in [0.29, 0.717) is 12.6 Å². The summed E-state index contributed by atoms with van der Waals surface area (Å²) in [5.74, 6) is 0. The van der Waals surface area contributed by atoms with Crippen LogP contribution in [-0.4, -0.2) is 37.2 Å². The molecule has 0 bridgehead atoms. The van der Waals surface area contributed by atoms with Gasteiger partial charge in [0.1, 0.15) is 6.61 Å². The van der Waals surface area contributed by atoms with E-state index in [1.54, 1.807) is 0 Å². The van der Waals surface area contributed by atoms with Crippen LogP contribution in [0, 0.1) is 6.92 Å². The molecule has 1 amide bonds. The lowest BCUT2D eigenvalue weighted by molar-refractivity contribution is 0.127. The highest BCUT2D eigenvalue weighted by molar-refractivity contribution is 5.91. The van der Waals surface area contributed by atoms with Crippen LogP contribution >= 0.6 is 0 Å². The van der Waals surface area contributed by atoms with Gasteiger partial charge in [-0.15, -0.1) is 0 Å². The molecule has 0 radical (unpaired) electrons. The molecule has 1 aliphatic heterocycles. The minimum Gasteiger partial charge on any atom is -0.448 e. The van der Waals surface area contributed by atoms with Crippen molar-refractivity contribution in [3.63, 3.8) is 0 Å². The number of ether oxygens (including phenoxy) is 1. The summed E-state index contributed by atoms with van der Waals surface area (Å²) in [4.78, 5) is 14.4. The Kier molecular flexibility index (Phi) is 5.16. The first kappa shape index (κ1) is 16.5. The van der Waals surface area contributed by atoms with Crippen LogP contribution in [0.25, 0.3) is 11.1 Å². The lowest BCUT2D eigenvalue weighted by Gasteiger charge is -2.19. The molecule has 1 saturated heterocycles. The Morgan fingerprint density at radius 3 is 2.83 bits per heavy atom. The van der Waals surface area contributed by atoms with Crippen molar-refractivity contribution in [2.24, 2.45) is 0 Å². The van der Waals surface area contributed by atoms with E-state index in [1.165, 1.54) is 12.0 Å². The van der Waals surface area contributed by atoms with Crippen molar-refractivity contribution in [3.05, 3.63) is 54.1 Å². The molecule has 1 heterocycles. The van der Waals surface area contributed by atoms with E-state index in [9.17, 15) is 4.79 Å². The van der Waals surface area contributed by atoms with Crippen LogP contribution in [0.4, 0.5) is 10.5 Å². The van der Waals surface area contributed by atoms with Crippen molar-refractivity contribution in [2.75, 3.05) is 25.5 Å². The molecule has 4 nitrogen and oxygen atoms in total. The van der Waals surface area contributed by atoms with Gasteiger partial charge in [-0.25, -0.2) is 4.79 Å². The van der Waals surface area contributed by atoms with E-state index in [2.05, 4.69) is 36.3 Å². The molecule has 3 rings (SSSR count). The fourth-order valence-corrected chi connectivity index (χ4v) is 3.16. The molecular weight excluding hydrogens is 300 g/mol. The molecule has 0 spiro atoms. The van der Waals surface area contributed by atoms with E-state index in [4.69, 9.17) is 4.74 Å². The second-order valence-electron chi connectivity index (χ2n) is 6.42. The zero-order valence-electron chi connectivity index (χ0n) is 14.3. The summed E-state index contributed by atoms with van der Waals surface area (Å²) in [5.41, 5.74) is 4.04. The van der Waals surface area contributed by atoms with Crippen molar-refractivity contribution < 1.29 is 9.53 Å². The SMILES string of the molecule is Cc1cccc(-c2ccccc2NC(=O)OC[C@@H]2CCCN2C)c1. The highest BCUT2D eigenvalue weighted by Crippen LogP contribution is 2.28.